The van der Waals surface area contributed by atoms with Gasteiger partial charge < -0.3 is 4.98 Å². The van der Waals surface area contributed by atoms with Gasteiger partial charge in [0.15, 0.2) is 0 Å². The Labute approximate surface area is 92.6 Å². The Morgan fingerprint density at radius 1 is 1.21 bits per heavy atom. The molecule has 0 atom stereocenters. The molecular weight excluding hydrogens is 238 g/mol. The molecule has 1 aromatic heterocycles. The number of rotatable bonds is 0. The van der Waals surface area contributed by atoms with E-state index in [9.17, 15) is 0 Å². The molecule has 1 N–H and O–H groups in total. The predicted octanol–water partition coefficient (Wildman–Crippen LogP) is 4.23. The van der Waals surface area contributed by atoms with Crippen molar-refractivity contribution in [3.8, 4) is 0 Å². The van der Waals surface area contributed by atoms with Crippen LogP contribution >= 0.6 is 15.9 Å². The molecule has 14 heavy (non-hydrogen) atoms. The Kier molecular flexibility index (Phi) is 2.18. The molecule has 2 rings (SSSR count). The van der Waals surface area contributed by atoms with E-state index >= 15 is 0 Å². The van der Waals surface area contributed by atoms with E-state index in [-0.39, 0.29) is 5.41 Å². The average Bonchev–Trinajstić information content (AvgIpc) is 2.48. The van der Waals surface area contributed by atoms with Crippen LogP contribution in [0.5, 0.6) is 0 Å². The summed E-state index contributed by atoms with van der Waals surface area (Å²) in [5.74, 6) is 0. The second-order valence-electron chi connectivity index (χ2n) is 4.63. The minimum Gasteiger partial charge on any atom is -0.358 e. The summed E-state index contributed by atoms with van der Waals surface area (Å²) in [6.45, 7) is 6.64. The number of halogens is 1. The van der Waals surface area contributed by atoms with Crippen molar-refractivity contribution < 1.29 is 0 Å². The number of hydrogen-bond donors (Lipinski definition) is 1. The van der Waals surface area contributed by atoms with Crippen LogP contribution in [0, 0.1) is 0 Å². The third-order valence-electron chi connectivity index (χ3n) is 2.42. The van der Waals surface area contributed by atoms with Crippen molar-refractivity contribution in [1.82, 2.24) is 4.98 Å². The lowest BCUT2D eigenvalue weighted by atomic mass is 9.92. The summed E-state index contributed by atoms with van der Waals surface area (Å²) in [4.78, 5) is 3.45. The molecule has 0 aliphatic heterocycles. The summed E-state index contributed by atoms with van der Waals surface area (Å²) < 4.78 is 1.15. The zero-order valence-corrected chi connectivity index (χ0v) is 10.3. The summed E-state index contributed by atoms with van der Waals surface area (Å²) in [7, 11) is 0. The highest BCUT2D eigenvalue weighted by atomic mass is 79.9. The van der Waals surface area contributed by atoms with Gasteiger partial charge >= 0.3 is 0 Å². The monoisotopic (exact) mass is 251 g/mol. The van der Waals surface area contributed by atoms with Gasteiger partial charge in [0.05, 0.1) is 0 Å². The SMILES string of the molecule is CC(C)(C)c1cc2c(Br)cccc2[nH]1. The van der Waals surface area contributed by atoms with Gasteiger partial charge in [0.25, 0.3) is 0 Å². The van der Waals surface area contributed by atoms with Crippen LogP contribution in [-0.2, 0) is 5.41 Å². The molecule has 0 unspecified atom stereocenters. The van der Waals surface area contributed by atoms with E-state index in [0.717, 1.165) is 4.47 Å². The molecule has 0 fully saturated rings. The van der Waals surface area contributed by atoms with E-state index in [1.54, 1.807) is 0 Å². The third-order valence-corrected chi connectivity index (χ3v) is 3.11. The fourth-order valence-electron chi connectivity index (χ4n) is 1.52. The lowest BCUT2D eigenvalue weighted by Crippen LogP contribution is -2.10. The van der Waals surface area contributed by atoms with Gasteiger partial charge in [-0.25, -0.2) is 0 Å². The number of H-pyrrole nitrogens is 1. The fourth-order valence-corrected chi connectivity index (χ4v) is 2.00. The van der Waals surface area contributed by atoms with Gasteiger partial charge in [0.1, 0.15) is 0 Å². The summed E-state index contributed by atoms with van der Waals surface area (Å²) in [6, 6.07) is 8.45. The molecule has 0 saturated carbocycles. The van der Waals surface area contributed by atoms with Gasteiger partial charge in [-0.2, -0.15) is 0 Å². The Bertz CT molecular complexity index is 463. The van der Waals surface area contributed by atoms with Crippen LogP contribution in [0.15, 0.2) is 28.7 Å². The van der Waals surface area contributed by atoms with Crippen LogP contribution < -0.4 is 0 Å². The Balaban J connectivity index is 2.69. The zero-order chi connectivity index (χ0) is 10.3. The van der Waals surface area contributed by atoms with Crippen molar-refractivity contribution >= 4 is 26.8 Å². The van der Waals surface area contributed by atoms with Crippen LogP contribution in [0.2, 0.25) is 0 Å². The quantitative estimate of drug-likeness (QED) is 0.722. The first-order valence-electron chi connectivity index (χ1n) is 4.76. The maximum atomic E-state index is 3.56. The van der Waals surface area contributed by atoms with Gasteiger partial charge in [-0.1, -0.05) is 42.8 Å². The van der Waals surface area contributed by atoms with Gasteiger partial charge in [-0.15, -0.1) is 0 Å². The van der Waals surface area contributed by atoms with Gasteiger partial charge in [-0.05, 0) is 18.2 Å². The van der Waals surface area contributed by atoms with Crippen LogP contribution in [0.1, 0.15) is 26.5 Å². The average molecular weight is 252 g/mol. The van der Waals surface area contributed by atoms with E-state index in [0.29, 0.717) is 0 Å². The first-order valence-corrected chi connectivity index (χ1v) is 5.55. The van der Waals surface area contributed by atoms with E-state index in [1.165, 1.54) is 16.6 Å². The van der Waals surface area contributed by atoms with Crippen LogP contribution in [0.25, 0.3) is 10.9 Å². The molecule has 0 spiro atoms. The molecule has 1 aromatic carbocycles. The Morgan fingerprint density at radius 2 is 1.93 bits per heavy atom. The minimum absolute atomic E-state index is 0.179. The fraction of sp³-hybridized carbons (Fsp3) is 0.333. The lowest BCUT2D eigenvalue weighted by molar-refractivity contribution is 0.574. The van der Waals surface area contributed by atoms with E-state index in [4.69, 9.17) is 0 Å². The smallest absolute Gasteiger partial charge is 0.0467 e. The molecule has 0 aliphatic rings. The number of hydrogen-bond acceptors (Lipinski definition) is 0. The standard InChI is InChI=1S/C12H14BrN/c1-12(2,3)11-7-8-9(13)5-4-6-10(8)14-11/h4-7,14H,1-3H3. The van der Waals surface area contributed by atoms with Crippen molar-refractivity contribution in [1.29, 1.82) is 0 Å². The summed E-state index contributed by atoms with van der Waals surface area (Å²) in [5.41, 5.74) is 2.65. The second-order valence-corrected chi connectivity index (χ2v) is 5.49. The molecule has 0 aliphatic carbocycles. The van der Waals surface area contributed by atoms with Crippen LogP contribution in [-0.4, -0.2) is 4.98 Å². The number of aromatic nitrogens is 1. The molecule has 0 saturated heterocycles. The molecule has 1 nitrogen and oxygen atoms in total. The summed E-state index contributed by atoms with van der Waals surface area (Å²) in [5, 5.41) is 1.26. The molecule has 2 heteroatoms. The molecule has 1 heterocycles. The maximum Gasteiger partial charge on any atom is 0.0467 e. The molecule has 74 valence electrons. The summed E-state index contributed by atoms with van der Waals surface area (Å²) >= 11 is 3.56. The van der Waals surface area contributed by atoms with Crippen molar-refractivity contribution in [2.45, 2.75) is 26.2 Å². The van der Waals surface area contributed by atoms with Gasteiger partial charge in [0.2, 0.25) is 0 Å². The lowest BCUT2D eigenvalue weighted by Gasteiger charge is -2.15. The van der Waals surface area contributed by atoms with Crippen molar-refractivity contribution in [2.24, 2.45) is 0 Å². The summed E-state index contributed by atoms with van der Waals surface area (Å²) in [6.07, 6.45) is 0. The van der Waals surface area contributed by atoms with Crippen molar-refractivity contribution in [2.75, 3.05) is 0 Å². The maximum absolute atomic E-state index is 3.56. The highest BCUT2D eigenvalue weighted by Crippen LogP contribution is 2.29. The predicted molar refractivity (Wildman–Crippen MR) is 64.7 cm³/mol. The Hall–Kier alpha value is -0.760. The van der Waals surface area contributed by atoms with Crippen molar-refractivity contribution in [3.05, 3.63) is 34.4 Å². The van der Waals surface area contributed by atoms with E-state index in [2.05, 4.69) is 66.0 Å². The molecule has 0 bridgehead atoms. The minimum atomic E-state index is 0.179. The number of fused-ring (bicyclic) bond motifs is 1. The van der Waals surface area contributed by atoms with E-state index < -0.39 is 0 Å². The van der Waals surface area contributed by atoms with Gasteiger partial charge in [-0.3, -0.25) is 0 Å². The molecular formula is C12H14BrN. The first-order chi connectivity index (χ1) is 6.48. The number of benzene rings is 1. The normalized spacial score (nSPS) is 12.3. The highest BCUT2D eigenvalue weighted by Gasteiger charge is 2.16. The largest absolute Gasteiger partial charge is 0.358 e. The highest BCUT2D eigenvalue weighted by molar-refractivity contribution is 9.10. The van der Waals surface area contributed by atoms with Crippen LogP contribution in [0.4, 0.5) is 0 Å². The molecule has 2 aromatic rings. The number of nitrogens with one attached hydrogen (secondary N) is 1. The molecule has 0 amide bonds. The third kappa shape index (κ3) is 1.59. The van der Waals surface area contributed by atoms with Gasteiger partial charge in [0, 0.05) is 26.5 Å². The van der Waals surface area contributed by atoms with Crippen LogP contribution in [0.3, 0.4) is 0 Å². The zero-order valence-electron chi connectivity index (χ0n) is 8.69. The Morgan fingerprint density at radius 3 is 2.50 bits per heavy atom. The first kappa shape index (κ1) is 9.78. The van der Waals surface area contributed by atoms with E-state index in [1.807, 2.05) is 0 Å². The van der Waals surface area contributed by atoms with Crippen molar-refractivity contribution in [3.63, 3.8) is 0 Å². The second kappa shape index (κ2) is 3.13. The topological polar surface area (TPSA) is 15.8 Å². The molecule has 0 radical (unpaired) electrons. The number of aromatic amines is 1.